The average Bonchev–Trinajstić information content (AvgIpc) is 3.22. The monoisotopic (exact) mass is 796 g/mol. The van der Waals surface area contributed by atoms with Crippen LogP contribution in [0.2, 0.25) is 0 Å². The van der Waals surface area contributed by atoms with Gasteiger partial charge >= 0.3 is 11.7 Å². The number of rotatable bonds is 11. The highest BCUT2D eigenvalue weighted by molar-refractivity contribution is 7.92. The van der Waals surface area contributed by atoms with Gasteiger partial charge in [0.05, 0.1) is 45.1 Å². The summed E-state index contributed by atoms with van der Waals surface area (Å²) in [7, 11) is -2.91. The third-order valence-electron chi connectivity index (χ3n) is 9.51. The summed E-state index contributed by atoms with van der Waals surface area (Å²) in [5.74, 6) is -4.18. The zero-order valence-electron chi connectivity index (χ0n) is 30.3. The zero-order valence-corrected chi connectivity index (χ0v) is 31.1. The molecule has 0 bridgehead atoms. The van der Waals surface area contributed by atoms with Crippen molar-refractivity contribution in [1.82, 2.24) is 34.4 Å². The summed E-state index contributed by atoms with van der Waals surface area (Å²) in [5.41, 5.74) is -1.54. The Morgan fingerprint density at radius 1 is 0.912 bits per heavy atom. The highest BCUT2D eigenvalue weighted by atomic mass is 32.2. The molecule has 1 aliphatic rings. The fourth-order valence-corrected chi connectivity index (χ4v) is 7.55. The van der Waals surface area contributed by atoms with Crippen LogP contribution < -0.4 is 21.3 Å². The number of fused-ring (bicyclic) bond motifs is 1. The molecule has 0 radical (unpaired) electrons. The lowest BCUT2D eigenvalue weighted by molar-refractivity contribution is -0.152. The van der Waals surface area contributed by atoms with Crippen molar-refractivity contribution in [2.24, 2.45) is 7.05 Å². The minimum atomic E-state index is -4.41. The number of carbonyl (C=O) groups excluding carboxylic acids is 2. The molecule has 57 heavy (non-hydrogen) atoms. The number of nitrogens with one attached hydrogen (secondary N) is 2. The van der Waals surface area contributed by atoms with Crippen molar-refractivity contribution < 1.29 is 31.5 Å². The lowest BCUT2D eigenvalue weighted by atomic mass is 9.97. The highest BCUT2D eigenvalue weighted by Gasteiger charge is 2.29. The second kappa shape index (κ2) is 16.2. The zero-order chi connectivity index (χ0) is 40.3. The van der Waals surface area contributed by atoms with Crippen LogP contribution in [0.4, 0.5) is 14.5 Å². The van der Waals surface area contributed by atoms with E-state index in [9.17, 15) is 27.6 Å². The van der Waals surface area contributed by atoms with E-state index in [0.717, 1.165) is 23.8 Å². The van der Waals surface area contributed by atoms with Gasteiger partial charge in [0.25, 0.3) is 21.5 Å². The third-order valence-corrected chi connectivity index (χ3v) is 10.9. The number of esters is 1. The number of hydrogen-bond acceptors (Lipinski definition) is 11. The van der Waals surface area contributed by atoms with Gasteiger partial charge in [-0.2, -0.15) is 0 Å². The average molecular weight is 797 g/mol. The number of pyridine rings is 2. The molecule has 18 heteroatoms. The second-order valence-electron chi connectivity index (χ2n) is 13.3. The van der Waals surface area contributed by atoms with E-state index in [2.05, 4.69) is 25.3 Å². The number of anilines is 1. The molecule has 1 fully saturated rings. The van der Waals surface area contributed by atoms with Crippen LogP contribution in [-0.2, 0) is 33.0 Å². The number of aryl methyl sites for hydroxylation is 1. The van der Waals surface area contributed by atoms with Gasteiger partial charge in [0.2, 0.25) is 0 Å². The number of aromatic nitrogens is 6. The molecule has 1 atom stereocenters. The first-order valence-corrected chi connectivity index (χ1v) is 19.3. The van der Waals surface area contributed by atoms with Crippen molar-refractivity contribution in [3.63, 3.8) is 0 Å². The Morgan fingerprint density at radius 2 is 1.65 bits per heavy atom. The molecule has 0 spiro atoms. The fourth-order valence-electron chi connectivity index (χ4n) is 6.49. The van der Waals surface area contributed by atoms with Gasteiger partial charge in [-0.1, -0.05) is 6.42 Å². The van der Waals surface area contributed by atoms with Crippen LogP contribution in [0.5, 0.6) is 0 Å². The van der Waals surface area contributed by atoms with Crippen LogP contribution in [0.15, 0.2) is 106 Å². The Hall–Kier alpha value is -6.69. The fraction of sp³-hybridized carbons (Fsp3) is 0.231. The maximum Gasteiger partial charge on any atom is 0.335 e. The van der Waals surface area contributed by atoms with E-state index >= 15 is 8.78 Å². The summed E-state index contributed by atoms with van der Waals surface area (Å²) in [6, 6.07) is 11.1. The number of benzene rings is 2. The van der Waals surface area contributed by atoms with Crippen molar-refractivity contribution >= 4 is 38.5 Å². The summed E-state index contributed by atoms with van der Waals surface area (Å²) in [4.78, 5) is 69.6. The van der Waals surface area contributed by atoms with Crippen LogP contribution in [0.3, 0.4) is 0 Å². The molecule has 4 aromatic heterocycles. The van der Waals surface area contributed by atoms with Gasteiger partial charge in [-0.25, -0.2) is 41.3 Å². The molecule has 6 aromatic rings. The van der Waals surface area contributed by atoms with Gasteiger partial charge in [0.1, 0.15) is 23.8 Å². The quantitative estimate of drug-likeness (QED) is 0.178. The number of hydrogen-bond donors (Lipinski definition) is 2. The minimum absolute atomic E-state index is 0.139. The summed E-state index contributed by atoms with van der Waals surface area (Å²) < 4.78 is 67.0. The summed E-state index contributed by atoms with van der Waals surface area (Å²) >= 11 is 0. The Bertz CT molecular complexity index is 2710. The van der Waals surface area contributed by atoms with Gasteiger partial charge in [-0.3, -0.25) is 28.8 Å². The molecular formula is C39H34F2N8O7S. The van der Waals surface area contributed by atoms with Crippen molar-refractivity contribution in [3.8, 4) is 17.1 Å². The molecule has 292 valence electrons. The lowest BCUT2D eigenvalue weighted by Gasteiger charge is -2.25. The van der Waals surface area contributed by atoms with Crippen LogP contribution >= 0.6 is 0 Å². The Morgan fingerprint density at radius 3 is 2.35 bits per heavy atom. The summed E-state index contributed by atoms with van der Waals surface area (Å²) in [5, 5.41) is 2.67. The van der Waals surface area contributed by atoms with Gasteiger partial charge in [-0.05, 0) is 80.3 Å². The third kappa shape index (κ3) is 8.30. The van der Waals surface area contributed by atoms with Crippen LogP contribution in [0, 0.1) is 11.6 Å². The van der Waals surface area contributed by atoms with Gasteiger partial charge in [0, 0.05) is 49.4 Å². The van der Waals surface area contributed by atoms with E-state index in [0.29, 0.717) is 41.9 Å². The molecular weight excluding hydrogens is 763 g/mol. The van der Waals surface area contributed by atoms with Crippen LogP contribution in [0.1, 0.15) is 48.2 Å². The van der Waals surface area contributed by atoms with Gasteiger partial charge in [0.15, 0.2) is 5.82 Å². The number of amides is 1. The largest absolute Gasteiger partial charge is 0.461 e. The molecule has 1 aliphatic carbocycles. The number of nitrogens with zero attached hydrogens (tertiary/aromatic N) is 6. The molecule has 1 amide bonds. The number of ether oxygens (including phenoxy) is 1. The smallest absolute Gasteiger partial charge is 0.335 e. The van der Waals surface area contributed by atoms with Crippen molar-refractivity contribution in [2.45, 2.75) is 55.6 Å². The lowest BCUT2D eigenvalue weighted by Crippen LogP contribution is -2.45. The van der Waals surface area contributed by atoms with Crippen molar-refractivity contribution in [1.29, 1.82) is 0 Å². The highest BCUT2D eigenvalue weighted by Crippen LogP contribution is 2.25. The molecule has 15 nitrogen and oxygen atoms in total. The minimum Gasteiger partial charge on any atom is -0.461 e. The second-order valence-corrected chi connectivity index (χ2v) is 15.0. The SMILES string of the molecule is Cn1c(=O)n(-c2ccc(C[C@H](NC(=O)c3cc(F)c(NS(=O)(=O)c4ccc(-c5ncccn5)cc4)cc3F)C(=O)OC3CCCCC3)nc2)c(=O)c2ccncc21. The van der Waals surface area contributed by atoms with Crippen LogP contribution in [0.25, 0.3) is 28.0 Å². The van der Waals surface area contributed by atoms with E-state index in [-0.39, 0.29) is 28.1 Å². The topological polar surface area (TPSA) is 197 Å². The Labute approximate surface area is 323 Å². The summed E-state index contributed by atoms with van der Waals surface area (Å²) in [6.45, 7) is 0. The predicted molar refractivity (Wildman–Crippen MR) is 203 cm³/mol. The summed E-state index contributed by atoms with van der Waals surface area (Å²) in [6.07, 6.45) is 10.4. The molecule has 1 saturated carbocycles. The first kappa shape index (κ1) is 38.6. The maximum atomic E-state index is 15.5. The molecule has 4 heterocycles. The molecule has 2 N–H and O–H groups in total. The van der Waals surface area contributed by atoms with Crippen molar-refractivity contribution in [3.05, 3.63) is 135 Å². The number of halogens is 2. The molecule has 2 aromatic carbocycles. The first-order valence-electron chi connectivity index (χ1n) is 17.8. The Kier molecular flexibility index (Phi) is 11.0. The maximum absolute atomic E-state index is 15.5. The van der Waals surface area contributed by atoms with E-state index in [1.165, 1.54) is 85.1 Å². The van der Waals surface area contributed by atoms with E-state index in [1.54, 1.807) is 6.07 Å². The number of carbonyl (C=O) groups is 2. The normalized spacial score (nSPS) is 13.9. The standard InChI is InChI=1S/C39H34F2N8O7S/c1-48-34-22-42-17-14-28(34)37(51)49(39(48)53)25-11-10-24(45-21-25)18-33(38(52)56-26-6-3-2-4-7-26)46-36(50)29-19-31(41)32(20-30(29)40)47-57(54,55)27-12-8-23(9-13-27)35-43-15-5-16-44-35/h5,8-17,19-22,26,33,47H,2-4,6-7,18H2,1H3,(H,46,50)/t33-/m0/s1. The van der Waals surface area contributed by atoms with Crippen molar-refractivity contribution in [2.75, 3.05) is 4.72 Å². The predicted octanol–water partition coefficient (Wildman–Crippen LogP) is 4.23. The molecule has 7 rings (SSSR count). The molecule has 0 unspecified atom stereocenters. The molecule has 0 saturated heterocycles. The van der Waals surface area contributed by atoms with E-state index in [4.69, 9.17) is 4.74 Å². The van der Waals surface area contributed by atoms with Gasteiger partial charge in [-0.15, -0.1) is 0 Å². The number of sulfonamides is 1. The molecule has 0 aliphatic heterocycles. The van der Waals surface area contributed by atoms with Gasteiger partial charge < -0.3 is 10.1 Å². The first-order chi connectivity index (χ1) is 27.4. The van der Waals surface area contributed by atoms with E-state index in [1.807, 2.05) is 4.72 Å². The van der Waals surface area contributed by atoms with Crippen LogP contribution in [-0.4, -0.2) is 61.5 Å². The van der Waals surface area contributed by atoms with E-state index < -0.39 is 68.2 Å². The Balaban J connectivity index is 1.11.